The Morgan fingerprint density at radius 1 is 1.05 bits per heavy atom. The number of rotatable bonds is 4. The summed E-state index contributed by atoms with van der Waals surface area (Å²) in [6, 6.07) is 9.51. The Labute approximate surface area is 123 Å². The maximum Gasteiger partial charge on any atom is 0.198 e. The van der Waals surface area contributed by atoms with E-state index in [0.717, 1.165) is 12.1 Å². The van der Waals surface area contributed by atoms with E-state index in [1.54, 1.807) is 12.1 Å². The molecule has 0 spiro atoms. The molecule has 2 aromatic carbocycles. The fraction of sp³-hybridized carbons (Fsp3) is 0. The van der Waals surface area contributed by atoms with E-state index in [4.69, 9.17) is 4.52 Å². The Morgan fingerprint density at radius 2 is 1.63 bits per heavy atom. The van der Waals surface area contributed by atoms with Gasteiger partial charge in [-0.25, -0.2) is 8.78 Å². The highest BCUT2D eigenvalue weighted by molar-refractivity contribution is 14.2. The first-order valence-corrected chi connectivity index (χ1v) is 9.27. The van der Waals surface area contributed by atoms with Crippen LogP contribution in [0.2, 0.25) is 0 Å². The highest BCUT2D eigenvalue weighted by Gasteiger charge is 2.18. The first-order valence-electron chi connectivity index (χ1n) is 5.24. The molecule has 2 aromatic rings. The molecule has 2 rings (SSSR count). The predicted octanol–water partition coefficient (Wildman–Crippen LogP) is 4.52. The van der Waals surface area contributed by atoms with Crippen molar-refractivity contribution in [2.24, 2.45) is 0 Å². The highest BCUT2D eigenvalue weighted by Crippen LogP contribution is 2.27. The van der Waals surface area contributed by atoms with Gasteiger partial charge >= 0.3 is 0 Å². The van der Waals surface area contributed by atoms with Crippen molar-refractivity contribution in [2.45, 2.75) is 0 Å². The molecule has 19 heavy (non-hydrogen) atoms. The summed E-state index contributed by atoms with van der Waals surface area (Å²) < 4.78 is 32.3. The van der Waals surface area contributed by atoms with Crippen molar-refractivity contribution in [1.29, 1.82) is 0 Å². The van der Waals surface area contributed by atoms with Crippen LogP contribution in [0, 0.1) is 11.6 Å². The molecule has 0 N–H and O–H groups in total. The maximum absolute atomic E-state index is 13.5. The van der Waals surface area contributed by atoms with Crippen molar-refractivity contribution in [3.63, 3.8) is 0 Å². The molecule has 0 aromatic heterocycles. The largest absolute Gasteiger partial charge is 0.467 e. The van der Waals surface area contributed by atoms with Crippen LogP contribution in [0.1, 0.15) is 15.9 Å². The number of hydrogen-bond acceptors (Lipinski definition) is 2. The molecule has 0 fully saturated rings. The minimum Gasteiger partial charge on any atom is -0.467 e. The molecule has 2 nitrogen and oxygen atoms in total. The molecular weight excluding hydrogens is 384 g/mol. The molecule has 0 aliphatic heterocycles. The van der Waals surface area contributed by atoms with Crippen LogP contribution in [-0.4, -0.2) is 5.78 Å². The normalized spacial score (nSPS) is 10.9. The van der Waals surface area contributed by atoms with E-state index >= 15 is 0 Å². The van der Waals surface area contributed by atoms with E-state index in [-0.39, 0.29) is 12.0 Å². The van der Waals surface area contributed by atoms with Crippen LogP contribution in [0.3, 0.4) is 0 Å². The van der Waals surface area contributed by atoms with Crippen LogP contribution in [-0.2, 0) is 0 Å². The van der Waals surface area contributed by atoms with Gasteiger partial charge in [-0.05, 0) is 58.4 Å². The molecule has 1 unspecified atom stereocenters. The lowest BCUT2D eigenvalue weighted by Crippen LogP contribution is -2.07. The first kappa shape index (κ1) is 14.3. The van der Waals surface area contributed by atoms with E-state index in [1.807, 2.05) is 0 Å². The fourth-order valence-corrected chi connectivity index (χ4v) is 2.57. The van der Waals surface area contributed by atoms with Gasteiger partial charge in [0.2, 0.25) is 0 Å². The molecule has 0 heterocycles. The van der Waals surface area contributed by atoms with Crippen LogP contribution >= 0.6 is 28.5 Å². The molecule has 6 heteroatoms. The van der Waals surface area contributed by atoms with Gasteiger partial charge < -0.3 is 4.52 Å². The summed E-state index contributed by atoms with van der Waals surface area (Å²) in [5, 5.41) is 0. The van der Waals surface area contributed by atoms with Crippen LogP contribution in [0.4, 0.5) is 8.78 Å². The second-order valence-electron chi connectivity index (χ2n) is 3.63. The number of hydrogen-bond donors (Lipinski definition) is 0. The second kappa shape index (κ2) is 6.39. The summed E-state index contributed by atoms with van der Waals surface area (Å²) in [4.78, 5) is 12.0. The Morgan fingerprint density at radius 3 is 2.16 bits per heavy atom. The SMILES string of the molecule is O=C(c1ccc(OPI)cc1)c1c(F)cccc1F. The third-order valence-corrected chi connectivity index (χ3v) is 3.44. The van der Waals surface area contributed by atoms with E-state index in [9.17, 15) is 13.6 Å². The van der Waals surface area contributed by atoms with E-state index in [1.165, 1.54) is 18.2 Å². The zero-order valence-corrected chi connectivity index (χ0v) is 12.6. The van der Waals surface area contributed by atoms with Gasteiger partial charge in [0.05, 0.1) is 5.56 Å². The second-order valence-corrected chi connectivity index (χ2v) is 5.31. The summed E-state index contributed by atoms with van der Waals surface area (Å²) >= 11 is 2.07. The van der Waals surface area contributed by atoms with Crippen molar-refractivity contribution >= 4 is 34.3 Å². The van der Waals surface area contributed by atoms with E-state index < -0.39 is 23.0 Å². The standard InChI is InChI=1S/C13H8F2IO2P/c14-10-2-1-3-11(15)12(10)13(17)8-4-6-9(7-5-8)18-19-16/h1-7,19H. The summed E-state index contributed by atoms with van der Waals surface area (Å²) in [5.41, 5.74) is -0.319. The van der Waals surface area contributed by atoms with Gasteiger partial charge in [0, 0.05) is 5.56 Å². The number of benzene rings is 2. The molecule has 98 valence electrons. The first-order chi connectivity index (χ1) is 9.13. The summed E-state index contributed by atoms with van der Waals surface area (Å²) in [6.45, 7) is 0.260. The zero-order chi connectivity index (χ0) is 13.8. The van der Waals surface area contributed by atoms with Gasteiger partial charge in [0.25, 0.3) is 0 Å². The van der Waals surface area contributed by atoms with Crippen molar-refractivity contribution < 1.29 is 18.1 Å². The predicted molar refractivity (Wildman–Crippen MR) is 79.2 cm³/mol. The van der Waals surface area contributed by atoms with Gasteiger partial charge in [-0.2, -0.15) is 0 Å². The van der Waals surface area contributed by atoms with E-state index in [0.29, 0.717) is 5.75 Å². The Kier molecular flexibility index (Phi) is 4.82. The topological polar surface area (TPSA) is 26.3 Å². The van der Waals surface area contributed by atoms with Crippen molar-refractivity contribution in [1.82, 2.24) is 0 Å². The van der Waals surface area contributed by atoms with Crippen molar-refractivity contribution in [2.75, 3.05) is 0 Å². The number of carbonyl (C=O) groups is 1. The molecule has 1 atom stereocenters. The molecule has 0 saturated heterocycles. The summed E-state index contributed by atoms with van der Waals surface area (Å²) in [6.07, 6.45) is 0. The van der Waals surface area contributed by atoms with Crippen molar-refractivity contribution in [3.05, 3.63) is 65.2 Å². The molecule has 0 saturated carbocycles. The maximum atomic E-state index is 13.5. The molecule has 0 aliphatic carbocycles. The van der Waals surface area contributed by atoms with Crippen LogP contribution < -0.4 is 4.52 Å². The fourth-order valence-electron chi connectivity index (χ4n) is 1.58. The van der Waals surface area contributed by atoms with Crippen LogP contribution in [0.25, 0.3) is 0 Å². The average molecular weight is 392 g/mol. The lowest BCUT2D eigenvalue weighted by molar-refractivity contribution is 0.103. The third-order valence-electron chi connectivity index (χ3n) is 2.46. The zero-order valence-electron chi connectivity index (χ0n) is 9.49. The quantitative estimate of drug-likeness (QED) is 0.435. The molecule has 0 bridgehead atoms. The monoisotopic (exact) mass is 392 g/mol. The Hall–Kier alpha value is -1.07. The number of carbonyl (C=O) groups excluding carboxylic acids is 1. The number of ketones is 1. The van der Waals surface area contributed by atoms with Crippen molar-refractivity contribution in [3.8, 4) is 5.75 Å². The highest BCUT2D eigenvalue weighted by atomic mass is 127. The molecule has 0 radical (unpaired) electrons. The minimum absolute atomic E-state index is 0.216. The number of halogens is 3. The van der Waals surface area contributed by atoms with E-state index in [2.05, 4.69) is 22.0 Å². The Bertz CT molecular complexity index is 582. The van der Waals surface area contributed by atoms with Gasteiger partial charge in [-0.3, -0.25) is 4.79 Å². The lowest BCUT2D eigenvalue weighted by atomic mass is 10.0. The average Bonchev–Trinajstić information content (AvgIpc) is 2.39. The van der Waals surface area contributed by atoms with Gasteiger partial charge in [0.15, 0.2) is 5.78 Å². The third kappa shape index (κ3) is 3.28. The lowest BCUT2D eigenvalue weighted by Gasteiger charge is -2.05. The summed E-state index contributed by atoms with van der Waals surface area (Å²) in [5.74, 6) is -1.80. The van der Waals surface area contributed by atoms with Gasteiger partial charge in [-0.1, -0.05) is 6.07 Å². The summed E-state index contributed by atoms with van der Waals surface area (Å²) in [7, 11) is 0. The molecule has 0 aliphatic rings. The van der Waals surface area contributed by atoms with Crippen LogP contribution in [0.15, 0.2) is 42.5 Å². The van der Waals surface area contributed by atoms with Gasteiger partial charge in [-0.15, -0.1) is 0 Å². The minimum atomic E-state index is -0.862. The molecular formula is C13H8F2IO2P. The molecule has 0 amide bonds. The van der Waals surface area contributed by atoms with Crippen LogP contribution in [0.5, 0.6) is 5.75 Å². The smallest absolute Gasteiger partial charge is 0.198 e. The Balaban J connectivity index is 2.34. The van der Waals surface area contributed by atoms with Gasteiger partial charge in [0.1, 0.15) is 23.8 Å².